The van der Waals surface area contributed by atoms with Gasteiger partial charge in [0, 0.05) is 22.3 Å². The molecule has 1 aromatic rings. The van der Waals surface area contributed by atoms with E-state index in [9.17, 15) is 0 Å². The Balaban J connectivity index is 1.80. The van der Waals surface area contributed by atoms with E-state index >= 15 is 0 Å². The Kier molecular flexibility index (Phi) is 4.79. The van der Waals surface area contributed by atoms with Gasteiger partial charge in [-0.05, 0) is 56.7 Å². The quantitative estimate of drug-likeness (QED) is 0.910. The van der Waals surface area contributed by atoms with Gasteiger partial charge in [-0.15, -0.1) is 11.3 Å². The fourth-order valence-corrected chi connectivity index (χ4v) is 5.32. The largest absolute Gasteiger partial charge is 0.329 e. The third-order valence-electron chi connectivity index (χ3n) is 5.27. The first kappa shape index (κ1) is 14.6. The number of hydrogen-bond acceptors (Lipinski definition) is 3. The van der Waals surface area contributed by atoms with Crippen LogP contribution in [0.4, 0.5) is 0 Å². The minimum atomic E-state index is 0.464. The van der Waals surface area contributed by atoms with E-state index in [1.807, 2.05) is 11.3 Å². The van der Waals surface area contributed by atoms with E-state index in [0.717, 1.165) is 24.9 Å². The summed E-state index contributed by atoms with van der Waals surface area (Å²) in [6.07, 6.45) is 9.66. The van der Waals surface area contributed by atoms with Crippen LogP contribution < -0.4 is 5.73 Å². The lowest BCUT2D eigenvalue weighted by molar-refractivity contribution is 0.0287. The van der Waals surface area contributed by atoms with E-state index < -0.39 is 0 Å². The Hall–Kier alpha value is -0.380. The van der Waals surface area contributed by atoms with Crippen LogP contribution in [0, 0.1) is 5.92 Å². The van der Waals surface area contributed by atoms with E-state index in [1.165, 1.54) is 54.8 Å². The van der Waals surface area contributed by atoms with Gasteiger partial charge in [0.2, 0.25) is 0 Å². The first-order valence-electron chi connectivity index (χ1n) is 8.38. The third-order valence-corrected chi connectivity index (χ3v) is 6.60. The van der Waals surface area contributed by atoms with Crippen molar-refractivity contribution in [2.75, 3.05) is 13.1 Å². The van der Waals surface area contributed by atoms with Crippen molar-refractivity contribution in [2.45, 2.75) is 64.0 Å². The van der Waals surface area contributed by atoms with Crippen molar-refractivity contribution in [3.63, 3.8) is 0 Å². The molecule has 0 bridgehead atoms. The summed E-state index contributed by atoms with van der Waals surface area (Å²) >= 11 is 1.98. The number of hydrogen-bond donors (Lipinski definition) is 1. The van der Waals surface area contributed by atoms with Crippen LogP contribution in [0.2, 0.25) is 0 Å². The van der Waals surface area contributed by atoms with Crippen LogP contribution >= 0.6 is 11.3 Å². The Morgan fingerprint density at radius 2 is 2.05 bits per heavy atom. The van der Waals surface area contributed by atoms with Crippen molar-refractivity contribution in [2.24, 2.45) is 11.7 Å². The number of thiophene rings is 1. The minimum absolute atomic E-state index is 0.464. The average Bonchev–Trinajstić information content (AvgIpc) is 2.97. The molecule has 0 spiro atoms. The van der Waals surface area contributed by atoms with Crippen molar-refractivity contribution in [3.8, 4) is 0 Å². The zero-order valence-corrected chi connectivity index (χ0v) is 13.5. The fourth-order valence-electron chi connectivity index (χ4n) is 4.23. The van der Waals surface area contributed by atoms with Gasteiger partial charge in [0.05, 0.1) is 6.04 Å². The van der Waals surface area contributed by atoms with Crippen molar-refractivity contribution in [1.29, 1.82) is 0 Å². The molecule has 1 aliphatic heterocycles. The van der Waals surface area contributed by atoms with Crippen molar-refractivity contribution >= 4 is 11.3 Å². The second-order valence-electron chi connectivity index (χ2n) is 6.40. The van der Waals surface area contributed by atoms with Gasteiger partial charge in [0.25, 0.3) is 0 Å². The van der Waals surface area contributed by atoms with Crippen LogP contribution in [0.15, 0.2) is 12.1 Å². The van der Waals surface area contributed by atoms with Gasteiger partial charge < -0.3 is 5.73 Å². The number of nitrogens with zero attached hydrogens (tertiary/aromatic N) is 1. The highest BCUT2D eigenvalue weighted by atomic mass is 32.1. The van der Waals surface area contributed by atoms with Crippen LogP contribution in [0.3, 0.4) is 0 Å². The van der Waals surface area contributed by atoms with Gasteiger partial charge in [-0.25, -0.2) is 0 Å². The standard InChI is InChI=1S/C17H28N2S/c1-2-14-9-10-17(20-14)16(12-18)19-11-5-7-13-6-3-4-8-15(13)19/h9-10,13,15-16H,2-8,11-12,18H2,1H3/t13-,15-,16?/m1/s1. The number of piperidine rings is 1. The smallest absolute Gasteiger partial charge is 0.0566 e. The highest BCUT2D eigenvalue weighted by Gasteiger charge is 2.36. The molecule has 2 fully saturated rings. The van der Waals surface area contributed by atoms with Gasteiger partial charge in [-0.1, -0.05) is 19.8 Å². The van der Waals surface area contributed by atoms with E-state index in [-0.39, 0.29) is 0 Å². The molecule has 2 N–H and O–H groups in total. The minimum Gasteiger partial charge on any atom is -0.329 e. The molecule has 1 saturated carbocycles. The molecule has 0 amide bonds. The van der Waals surface area contributed by atoms with Gasteiger partial charge in [0.1, 0.15) is 0 Å². The molecule has 1 unspecified atom stereocenters. The molecular weight excluding hydrogens is 264 g/mol. The molecule has 1 aliphatic carbocycles. The number of nitrogens with two attached hydrogens (primary N) is 1. The van der Waals surface area contributed by atoms with E-state index in [4.69, 9.17) is 5.73 Å². The normalized spacial score (nSPS) is 29.1. The summed E-state index contributed by atoms with van der Waals surface area (Å²) in [5.74, 6) is 0.942. The van der Waals surface area contributed by atoms with Gasteiger partial charge in [-0.3, -0.25) is 4.90 Å². The maximum absolute atomic E-state index is 6.17. The number of likely N-dealkylation sites (tertiary alicyclic amines) is 1. The predicted octanol–water partition coefficient (Wildman–Crippen LogP) is 3.96. The zero-order valence-electron chi connectivity index (χ0n) is 12.7. The summed E-state index contributed by atoms with van der Waals surface area (Å²) in [7, 11) is 0. The summed E-state index contributed by atoms with van der Waals surface area (Å²) in [4.78, 5) is 5.75. The van der Waals surface area contributed by atoms with Gasteiger partial charge >= 0.3 is 0 Å². The average molecular weight is 292 g/mol. The second kappa shape index (κ2) is 6.59. The maximum Gasteiger partial charge on any atom is 0.0566 e. The molecule has 3 heteroatoms. The number of fused-ring (bicyclic) bond motifs is 1. The van der Waals surface area contributed by atoms with Crippen molar-refractivity contribution < 1.29 is 0 Å². The molecular formula is C17H28N2S. The fraction of sp³-hybridized carbons (Fsp3) is 0.765. The molecule has 3 atom stereocenters. The summed E-state index contributed by atoms with van der Waals surface area (Å²) in [5, 5.41) is 0. The lowest BCUT2D eigenvalue weighted by atomic mass is 9.77. The van der Waals surface area contributed by atoms with Crippen LogP contribution in [0.1, 0.15) is 61.2 Å². The lowest BCUT2D eigenvalue weighted by Crippen LogP contribution is -2.49. The number of aryl methyl sites for hydroxylation is 1. The van der Waals surface area contributed by atoms with Gasteiger partial charge in [-0.2, -0.15) is 0 Å². The van der Waals surface area contributed by atoms with Crippen LogP contribution in [0.25, 0.3) is 0 Å². The summed E-state index contributed by atoms with van der Waals surface area (Å²) in [6, 6.07) is 5.89. The van der Waals surface area contributed by atoms with Gasteiger partial charge in [0.15, 0.2) is 0 Å². The Morgan fingerprint density at radius 3 is 2.80 bits per heavy atom. The highest BCUT2D eigenvalue weighted by Crippen LogP contribution is 2.40. The van der Waals surface area contributed by atoms with E-state index in [0.29, 0.717) is 6.04 Å². The molecule has 2 heterocycles. The predicted molar refractivity (Wildman–Crippen MR) is 87.2 cm³/mol. The first-order chi connectivity index (χ1) is 9.83. The first-order valence-corrected chi connectivity index (χ1v) is 9.19. The summed E-state index contributed by atoms with van der Waals surface area (Å²) < 4.78 is 0. The summed E-state index contributed by atoms with van der Waals surface area (Å²) in [5.41, 5.74) is 6.17. The Morgan fingerprint density at radius 1 is 1.25 bits per heavy atom. The van der Waals surface area contributed by atoms with Crippen LogP contribution in [0.5, 0.6) is 0 Å². The molecule has 20 heavy (non-hydrogen) atoms. The maximum atomic E-state index is 6.17. The number of rotatable bonds is 4. The molecule has 2 aliphatic rings. The monoisotopic (exact) mass is 292 g/mol. The van der Waals surface area contributed by atoms with Crippen molar-refractivity contribution in [3.05, 3.63) is 21.9 Å². The molecule has 1 saturated heterocycles. The Labute approximate surface area is 127 Å². The molecule has 0 radical (unpaired) electrons. The van der Waals surface area contributed by atoms with E-state index in [1.54, 1.807) is 0 Å². The lowest BCUT2D eigenvalue weighted by Gasteiger charge is -2.47. The van der Waals surface area contributed by atoms with Crippen LogP contribution in [-0.2, 0) is 6.42 Å². The van der Waals surface area contributed by atoms with Crippen LogP contribution in [-0.4, -0.2) is 24.0 Å². The molecule has 3 rings (SSSR count). The SMILES string of the molecule is CCc1ccc(C(CN)N2CCC[C@H]3CCCC[C@H]32)s1. The van der Waals surface area contributed by atoms with Crippen molar-refractivity contribution in [1.82, 2.24) is 4.90 Å². The highest BCUT2D eigenvalue weighted by molar-refractivity contribution is 7.12. The molecule has 0 aromatic carbocycles. The third kappa shape index (κ3) is 2.81. The molecule has 2 nitrogen and oxygen atoms in total. The summed E-state index contributed by atoms with van der Waals surface area (Å²) in [6.45, 7) is 4.26. The Bertz CT molecular complexity index is 426. The second-order valence-corrected chi connectivity index (χ2v) is 7.60. The topological polar surface area (TPSA) is 29.3 Å². The molecule has 1 aromatic heterocycles. The molecule has 112 valence electrons. The zero-order chi connectivity index (χ0) is 13.9. The van der Waals surface area contributed by atoms with E-state index in [2.05, 4.69) is 24.0 Å².